The molecule has 0 spiro atoms. The number of ether oxygens (including phenoxy) is 2. The minimum absolute atomic E-state index is 0.115. The van der Waals surface area contributed by atoms with E-state index in [-0.39, 0.29) is 12.3 Å². The predicted molar refractivity (Wildman–Crippen MR) is 205 cm³/mol. The number of rotatable bonds is 11. The molecule has 51 heavy (non-hydrogen) atoms. The van der Waals surface area contributed by atoms with Gasteiger partial charge >= 0.3 is 5.71 Å². The van der Waals surface area contributed by atoms with Crippen molar-refractivity contribution in [3.8, 4) is 0 Å². The summed E-state index contributed by atoms with van der Waals surface area (Å²) in [6.45, 7) is 9.92. The molecule has 0 aromatic heterocycles. The second-order valence-electron chi connectivity index (χ2n) is 12.8. The van der Waals surface area contributed by atoms with E-state index >= 15 is 0 Å². The molecule has 3 saturated heterocycles. The fraction of sp³-hybridized carbons (Fsp3) is 0.475. The quantitative estimate of drug-likeness (QED) is 0.117. The van der Waals surface area contributed by atoms with Crippen LogP contribution in [-0.4, -0.2) is 89.8 Å². The zero-order chi connectivity index (χ0) is 36.1. The van der Waals surface area contributed by atoms with Gasteiger partial charge in [-0.3, -0.25) is 0 Å². The molecule has 11 nitrogen and oxygen atoms in total. The monoisotopic (exact) mass is 691 g/mol. The van der Waals surface area contributed by atoms with E-state index in [0.29, 0.717) is 31.9 Å². The van der Waals surface area contributed by atoms with Gasteiger partial charge in [-0.05, 0) is 49.2 Å². The molecular formula is C40H53N9O2. The third-order valence-electron chi connectivity index (χ3n) is 9.22. The standard InChI is InChI=1S/C19H29N3O2.C11H13N3.C10H11N3/c1-3-5-12-23-18-15-22(16-10-8-7-9-11-16)19(14-17(18)21-20)24-13-6-4-2;12-13-10-6-8-14(9-7-10)11-4-2-1-3-5-11;11-12-9-6-7-13(8-9)10-4-2-1-3-5-10/h7-11,18-19H,3-6,12-15H2,1-2H3;1-5H,6-9H2;1-5H,6-8H2. The minimum atomic E-state index is -0.187. The Morgan fingerprint density at radius 1 is 0.608 bits per heavy atom. The van der Waals surface area contributed by atoms with Gasteiger partial charge in [-0.15, -0.1) is 0 Å². The molecule has 0 N–H and O–H groups in total. The molecule has 0 amide bonds. The summed E-state index contributed by atoms with van der Waals surface area (Å²) in [6.07, 6.45) is 7.08. The van der Waals surface area contributed by atoms with E-state index in [9.17, 15) is 5.53 Å². The van der Waals surface area contributed by atoms with E-state index in [4.69, 9.17) is 20.5 Å². The summed E-state index contributed by atoms with van der Waals surface area (Å²) < 4.78 is 12.0. The Hall–Kier alpha value is -4.88. The Morgan fingerprint density at radius 3 is 1.61 bits per heavy atom. The van der Waals surface area contributed by atoms with Crippen molar-refractivity contribution in [3.05, 3.63) is 108 Å². The minimum Gasteiger partial charge on any atom is -0.370 e. The maximum atomic E-state index is 9.40. The first-order chi connectivity index (χ1) is 25.1. The Labute approximate surface area is 303 Å². The lowest BCUT2D eigenvalue weighted by Crippen LogP contribution is -2.53. The van der Waals surface area contributed by atoms with E-state index in [1.165, 1.54) is 11.4 Å². The molecule has 3 heterocycles. The summed E-state index contributed by atoms with van der Waals surface area (Å²) in [7, 11) is 0. The van der Waals surface area contributed by atoms with Crippen LogP contribution in [0.4, 0.5) is 17.1 Å². The molecule has 0 aliphatic carbocycles. The Kier molecular flexibility index (Phi) is 16.8. The zero-order valence-corrected chi connectivity index (χ0v) is 30.3. The first-order valence-corrected chi connectivity index (χ1v) is 18.3. The summed E-state index contributed by atoms with van der Waals surface area (Å²) >= 11 is 0. The number of anilines is 3. The van der Waals surface area contributed by atoms with Crippen LogP contribution in [0.3, 0.4) is 0 Å². The van der Waals surface area contributed by atoms with Crippen LogP contribution in [0.2, 0.25) is 0 Å². The van der Waals surface area contributed by atoms with E-state index in [0.717, 1.165) is 88.2 Å². The summed E-state index contributed by atoms with van der Waals surface area (Å²) in [5.41, 5.74) is 32.6. The molecule has 11 heteroatoms. The highest BCUT2D eigenvalue weighted by molar-refractivity contribution is 5.88. The van der Waals surface area contributed by atoms with Crippen molar-refractivity contribution in [2.75, 3.05) is 60.6 Å². The molecule has 3 aliphatic heterocycles. The molecule has 3 aromatic carbocycles. The van der Waals surface area contributed by atoms with Gasteiger partial charge in [-0.25, -0.2) is 0 Å². The van der Waals surface area contributed by atoms with Crippen molar-refractivity contribution >= 4 is 34.2 Å². The second-order valence-corrected chi connectivity index (χ2v) is 12.8. The van der Waals surface area contributed by atoms with Gasteiger partial charge in [-0.2, -0.15) is 14.4 Å². The molecule has 6 rings (SSSR count). The number of unbranched alkanes of at least 4 members (excludes halogenated alkanes) is 2. The number of benzene rings is 3. The molecule has 2 atom stereocenters. The van der Waals surface area contributed by atoms with Crippen molar-refractivity contribution < 1.29 is 23.8 Å². The van der Waals surface area contributed by atoms with Gasteiger partial charge in [0.15, 0.2) is 6.10 Å². The SMILES string of the molecule is CCCCOC1CN(c2ccccc2)C(OCCCC)CC1=[N+]=[N-].[N-]=[N+]=C1CCN(c2ccccc2)C1.[N-]=[N+]=C1CCN(c2ccccc2)CC1. The average Bonchev–Trinajstić information content (AvgIpc) is 3.70. The summed E-state index contributed by atoms with van der Waals surface area (Å²) in [5.74, 6) is 0. The molecule has 2 unspecified atom stereocenters. The van der Waals surface area contributed by atoms with Gasteiger partial charge < -0.3 is 40.8 Å². The van der Waals surface area contributed by atoms with Crippen LogP contribution in [-0.2, 0) is 9.47 Å². The molecule has 270 valence electrons. The average molecular weight is 692 g/mol. The van der Waals surface area contributed by atoms with Crippen LogP contribution in [0, 0.1) is 0 Å². The fourth-order valence-electron chi connectivity index (χ4n) is 6.20. The molecule has 3 aliphatic rings. The number of piperidine rings is 2. The van der Waals surface area contributed by atoms with Crippen LogP contribution >= 0.6 is 0 Å². The van der Waals surface area contributed by atoms with Crippen molar-refractivity contribution in [1.82, 2.24) is 0 Å². The Bertz CT molecular complexity index is 1590. The van der Waals surface area contributed by atoms with E-state index in [1.54, 1.807) is 0 Å². The summed E-state index contributed by atoms with van der Waals surface area (Å²) in [4.78, 5) is 16.7. The lowest BCUT2D eigenvalue weighted by atomic mass is 10.0. The van der Waals surface area contributed by atoms with Gasteiger partial charge in [-0.1, -0.05) is 81.3 Å². The van der Waals surface area contributed by atoms with Crippen LogP contribution < -0.4 is 14.7 Å². The predicted octanol–water partition coefficient (Wildman–Crippen LogP) is 7.42. The lowest BCUT2D eigenvalue weighted by molar-refractivity contribution is -0.0517. The Balaban J connectivity index is 0.000000184. The van der Waals surface area contributed by atoms with Gasteiger partial charge in [0.05, 0.1) is 32.2 Å². The molecule has 0 radical (unpaired) electrons. The van der Waals surface area contributed by atoms with E-state index in [1.807, 2.05) is 54.6 Å². The van der Waals surface area contributed by atoms with Crippen LogP contribution in [0.1, 0.15) is 65.2 Å². The van der Waals surface area contributed by atoms with E-state index in [2.05, 4.69) is 79.3 Å². The maximum Gasteiger partial charge on any atom is 0.303 e. The molecule has 0 saturated carbocycles. The van der Waals surface area contributed by atoms with Crippen LogP contribution in [0.15, 0.2) is 91.0 Å². The largest absolute Gasteiger partial charge is 0.370 e. The lowest BCUT2D eigenvalue weighted by Gasteiger charge is -2.38. The van der Waals surface area contributed by atoms with E-state index < -0.39 is 0 Å². The first kappa shape index (κ1) is 38.9. The smallest absolute Gasteiger partial charge is 0.303 e. The summed E-state index contributed by atoms with van der Waals surface area (Å²) in [6, 6.07) is 30.7. The highest BCUT2D eigenvalue weighted by Crippen LogP contribution is 2.26. The zero-order valence-electron chi connectivity index (χ0n) is 30.3. The van der Waals surface area contributed by atoms with Gasteiger partial charge in [0.2, 0.25) is 0 Å². The number of nitrogens with zero attached hydrogens (tertiary/aromatic N) is 9. The van der Waals surface area contributed by atoms with Gasteiger partial charge in [0.25, 0.3) is 11.4 Å². The first-order valence-electron chi connectivity index (χ1n) is 18.3. The number of hydrogen-bond donors (Lipinski definition) is 0. The van der Waals surface area contributed by atoms with Crippen molar-refractivity contribution in [2.24, 2.45) is 0 Å². The van der Waals surface area contributed by atoms with Crippen LogP contribution in [0.25, 0.3) is 16.6 Å². The third kappa shape index (κ3) is 12.4. The van der Waals surface area contributed by atoms with Crippen molar-refractivity contribution in [1.29, 1.82) is 0 Å². The highest BCUT2D eigenvalue weighted by atomic mass is 16.5. The van der Waals surface area contributed by atoms with Gasteiger partial charge in [0.1, 0.15) is 12.8 Å². The third-order valence-corrected chi connectivity index (χ3v) is 9.22. The highest BCUT2D eigenvalue weighted by Gasteiger charge is 2.39. The second kappa shape index (κ2) is 22.0. The van der Waals surface area contributed by atoms with Crippen LogP contribution in [0.5, 0.6) is 0 Å². The molecular weight excluding hydrogens is 639 g/mol. The van der Waals surface area contributed by atoms with Crippen molar-refractivity contribution in [2.45, 2.75) is 77.5 Å². The van der Waals surface area contributed by atoms with Crippen molar-refractivity contribution in [3.63, 3.8) is 0 Å². The normalized spacial score (nSPS) is 18.5. The molecule has 3 fully saturated rings. The molecule has 3 aromatic rings. The number of para-hydroxylation sites is 3. The number of hydrogen-bond acceptors (Lipinski definition) is 5. The molecule has 0 bridgehead atoms. The van der Waals surface area contributed by atoms with Gasteiger partial charge in [0, 0.05) is 49.9 Å². The Morgan fingerprint density at radius 2 is 1.10 bits per heavy atom. The topological polar surface area (TPSA) is 137 Å². The fourth-order valence-corrected chi connectivity index (χ4v) is 6.20. The maximum absolute atomic E-state index is 9.40. The summed E-state index contributed by atoms with van der Waals surface area (Å²) in [5, 5.41) is 0.